The molecule has 1 N–H and O–H groups in total. The highest BCUT2D eigenvalue weighted by molar-refractivity contribution is 5.85. The number of halogens is 3. The van der Waals surface area contributed by atoms with E-state index in [2.05, 4.69) is 10.1 Å². The van der Waals surface area contributed by atoms with Gasteiger partial charge in [-0.05, 0) is 43.9 Å². The maximum atomic E-state index is 12.6. The zero-order valence-electron chi connectivity index (χ0n) is 13.6. The van der Waals surface area contributed by atoms with Gasteiger partial charge in [-0.2, -0.15) is 8.78 Å². The number of carbonyl (C=O) groups is 1. The third-order valence-electron chi connectivity index (χ3n) is 4.78. The van der Waals surface area contributed by atoms with E-state index in [1.807, 2.05) is 11.9 Å². The van der Waals surface area contributed by atoms with Crippen LogP contribution in [-0.2, 0) is 4.79 Å². The second kappa shape index (κ2) is 8.12. The number of ether oxygens (including phenoxy) is 1. The van der Waals surface area contributed by atoms with Crippen molar-refractivity contribution in [1.29, 1.82) is 0 Å². The van der Waals surface area contributed by atoms with Crippen LogP contribution in [0.4, 0.5) is 8.78 Å². The lowest BCUT2D eigenvalue weighted by atomic mass is 10.0. The zero-order chi connectivity index (χ0) is 16.4. The standard InChI is InChI=1S/C17H22F2N2O2.ClH/c1-20-11-5-4-8-21(10-11)16(22)14-9-13(14)12-6-2-3-7-15(12)23-17(18)19;/h2-3,6-7,11,13-14,17,20H,4-5,8-10H2,1H3;1H. The van der Waals surface area contributed by atoms with Crippen LogP contribution in [0.2, 0.25) is 0 Å². The van der Waals surface area contributed by atoms with E-state index < -0.39 is 6.61 Å². The van der Waals surface area contributed by atoms with Gasteiger partial charge in [0.1, 0.15) is 5.75 Å². The number of carbonyl (C=O) groups excluding carboxylic acids is 1. The summed E-state index contributed by atoms with van der Waals surface area (Å²) >= 11 is 0. The SMILES string of the molecule is CNC1CCCN(C(=O)C2CC2c2ccccc2OC(F)F)C1.Cl. The number of para-hydroxylation sites is 1. The van der Waals surface area contributed by atoms with Gasteiger partial charge in [-0.1, -0.05) is 18.2 Å². The Hall–Kier alpha value is -1.40. The van der Waals surface area contributed by atoms with Crippen LogP contribution in [0.25, 0.3) is 0 Å². The van der Waals surface area contributed by atoms with E-state index in [0.29, 0.717) is 18.0 Å². The number of likely N-dealkylation sites (N-methyl/N-ethyl adjacent to an activating group) is 1. The third kappa shape index (κ3) is 4.16. The first kappa shape index (κ1) is 18.9. The van der Waals surface area contributed by atoms with E-state index in [9.17, 15) is 13.6 Å². The minimum Gasteiger partial charge on any atom is -0.435 e. The van der Waals surface area contributed by atoms with Gasteiger partial charge < -0.3 is 15.0 Å². The van der Waals surface area contributed by atoms with Gasteiger partial charge in [-0.25, -0.2) is 0 Å². The average Bonchev–Trinajstić information content (AvgIpc) is 3.34. The van der Waals surface area contributed by atoms with Crippen molar-refractivity contribution in [2.75, 3.05) is 20.1 Å². The van der Waals surface area contributed by atoms with E-state index in [4.69, 9.17) is 0 Å². The van der Waals surface area contributed by atoms with Gasteiger partial charge in [0.15, 0.2) is 0 Å². The summed E-state index contributed by atoms with van der Waals surface area (Å²) in [6, 6.07) is 7.13. The first-order valence-corrected chi connectivity index (χ1v) is 8.10. The number of hydrogen-bond acceptors (Lipinski definition) is 3. The van der Waals surface area contributed by atoms with Crippen LogP contribution in [0.15, 0.2) is 24.3 Å². The summed E-state index contributed by atoms with van der Waals surface area (Å²) < 4.78 is 29.6. The molecule has 3 unspecified atom stereocenters. The van der Waals surface area contributed by atoms with Crippen molar-refractivity contribution >= 4 is 18.3 Å². The summed E-state index contributed by atoms with van der Waals surface area (Å²) in [5, 5.41) is 3.22. The lowest BCUT2D eigenvalue weighted by molar-refractivity contribution is -0.134. The first-order chi connectivity index (χ1) is 11.1. The topological polar surface area (TPSA) is 41.6 Å². The number of nitrogens with zero attached hydrogens (tertiary/aromatic N) is 1. The van der Waals surface area contributed by atoms with Gasteiger partial charge in [-0.3, -0.25) is 4.79 Å². The number of rotatable bonds is 5. The van der Waals surface area contributed by atoms with Crippen molar-refractivity contribution in [2.45, 2.75) is 37.8 Å². The Labute approximate surface area is 147 Å². The zero-order valence-corrected chi connectivity index (χ0v) is 14.4. The summed E-state index contributed by atoms with van der Waals surface area (Å²) in [7, 11) is 1.91. The van der Waals surface area contributed by atoms with Crippen LogP contribution in [0.5, 0.6) is 5.75 Å². The molecule has 1 aliphatic carbocycles. The van der Waals surface area contributed by atoms with E-state index in [0.717, 1.165) is 25.9 Å². The van der Waals surface area contributed by atoms with Crippen molar-refractivity contribution < 1.29 is 18.3 Å². The fraction of sp³-hybridized carbons (Fsp3) is 0.588. The minimum absolute atomic E-state index is 0. The van der Waals surface area contributed by atoms with Crippen LogP contribution in [0.1, 0.15) is 30.7 Å². The highest BCUT2D eigenvalue weighted by atomic mass is 35.5. The van der Waals surface area contributed by atoms with Crippen LogP contribution >= 0.6 is 12.4 Å². The van der Waals surface area contributed by atoms with Crippen LogP contribution in [0, 0.1) is 5.92 Å². The molecule has 1 saturated heterocycles. The number of nitrogens with one attached hydrogen (secondary N) is 1. The quantitative estimate of drug-likeness (QED) is 0.877. The highest BCUT2D eigenvalue weighted by Crippen LogP contribution is 2.51. The van der Waals surface area contributed by atoms with Crippen LogP contribution < -0.4 is 10.1 Å². The molecule has 0 radical (unpaired) electrons. The second-order valence-corrected chi connectivity index (χ2v) is 6.28. The van der Waals surface area contributed by atoms with Gasteiger partial charge in [0.05, 0.1) is 0 Å². The summed E-state index contributed by atoms with van der Waals surface area (Å²) in [4.78, 5) is 14.6. The maximum Gasteiger partial charge on any atom is 0.387 e. The van der Waals surface area contributed by atoms with Crippen LogP contribution in [-0.4, -0.2) is 43.6 Å². The Morgan fingerprint density at radius 2 is 2.12 bits per heavy atom. The number of benzene rings is 1. The van der Waals surface area contributed by atoms with E-state index >= 15 is 0 Å². The first-order valence-electron chi connectivity index (χ1n) is 8.10. The molecule has 4 nitrogen and oxygen atoms in total. The maximum absolute atomic E-state index is 12.6. The Morgan fingerprint density at radius 1 is 1.38 bits per heavy atom. The molecule has 3 atom stereocenters. The van der Waals surface area contributed by atoms with Gasteiger partial charge in [0, 0.05) is 25.0 Å². The summed E-state index contributed by atoms with van der Waals surface area (Å²) in [5.74, 6) is 0.219. The second-order valence-electron chi connectivity index (χ2n) is 6.28. The molecule has 0 bridgehead atoms. The van der Waals surface area contributed by atoms with Gasteiger partial charge in [0.2, 0.25) is 5.91 Å². The molecule has 2 aliphatic rings. The molecule has 1 saturated carbocycles. The molecule has 24 heavy (non-hydrogen) atoms. The number of hydrogen-bond donors (Lipinski definition) is 1. The molecule has 1 aliphatic heterocycles. The highest BCUT2D eigenvalue weighted by Gasteiger charge is 2.47. The third-order valence-corrected chi connectivity index (χ3v) is 4.78. The van der Waals surface area contributed by atoms with E-state index in [1.165, 1.54) is 0 Å². The van der Waals surface area contributed by atoms with Crippen molar-refractivity contribution in [3.8, 4) is 5.75 Å². The monoisotopic (exact) mass is 360 g/mol. The molecule has 0 aromatic heterocycles. The minimum atomic E-state index is -2.84. The largest absolute Gasteiger partial charge is 0.435 e. The van der Waals surface area contributed by atoms with Crippen molar-refractivity contribution in [1.82, 2.24) is 10.2 Å². The molecule has 0 spiro atoms. The Balaban J connectivity index is 0.00000208. The van der Waals surface area contributed by atoms with Gasteiger partial charge >= 0.3 is 6.61 Å². The average molecular weight is 361 g/mol. The van der Waals surface area contributed by atoms with E-state index in [1.54, 1.807) is 24.3 Å². The molecule has 2 fully saturated rings. The molecule has 134 valence electrons. The van der Waals surface area contributed by atoms with Crippen molar-refractivity contribution in [3.63, 3.8) is 0 Å². The predicted octanol–water partition coefficient (Wildman–Crippen LogP) is 3.02. The Bertz CT molecular complexity index is 573. The molecule has 1 aromatic carbocycles. The van der Waals surface area contributed by atoms with Crippen LogP contribution in [0.3, 0.4) is 0 Å². The number of likely N-dealkylation sites (tertiary alicyclic amines) is 1. The molecule has 3 rings (SSSR count). The Morgan fingerprint density at radius 3 is 2.83 bits per heavy atom. The van der Waals surface area contributed by atoms with Crippen molar-refractivity contribution in [2.24, 2.45) is 5.92 Å². The normalized spacial score (nSPS) is 26.0. The predicted molar refractivity (Wildman–Crippen MR) is 89.8 cm³/mol. The van der Waals surface area contributed by atoms with E-state index in [-0.39, 0.29) is 35.9 Å². The number of piperidine rings is 1. The Kier molecular flexibility index (Phi) is 6.40. The molecular formula is C17H23ClF2N2O2. The molecule has 7 heteroatoms. The fourth-order valence-electron chi connectivity index (χ4n) is 3.45. The van der Waals surface area contributed by atoms with Gasteiger partial charge in [0.25, 0.3) is 0 Å². The fourth-order valence-corrected chi connectivity index (χ4v) is 3.45. The van der Waals surface area contributed by atoms with Gasteiger partial charge in [-0.15, -0.1) is 12.4 Å². The summed E-state index contributed by atoms with van der Waals surface area (Å²) in [6.07, 6.45) is 2.79. The smallest absolute Gasteiger partial charge is 0.387 e. The lowest BCUT2D eigenvalue weighted by Crippen LogP contribution is -2.47. The molecular weight excluding hydrogens is 338 g/mol. The summed E-state index contributed by atoms with van der Waals surface area (Å²) in [5.41, 5.74) is 0.716. The number of amides is 1. The molecule has 1 heterocycles. The molecule has 1 aromatic rings. The lowest BCUT2D eigenvalue weighted by Gasteiger charge is -2.32. The summed E-state index contributed by atoms with van der Waals surface area (Å²) in [6.45, 7) is -1.33. The number of alkyl halides is 2. The molecule has 1 amide bonds. The van der Waals surface area contributed by atoms with Crippen molar-refractivity contribution in [3.05, 3.63) is 29.8 Å².